The predicted molar refractivity (Wildman–Crippen MR) is 111 cm³/mol. The normalized spacial score (nSPS) is 20.1. The summed E-state index contributed by atoms with van der Waals surface area (Å²) in [5.41, 5.74) is 2.53. The summed E-state index contributed by atoms with van der Waals surface area (Å²) in [6.07, 6.45) is 5.32. The molecule has 0 aliphatic carbocycles. The van der Waals surface area contributed by atoms with Crippen LogP contribution in [0.15, 0.2) is 30.7 Å². The number of rotatable bonds is 5. The number of anilines is 1. The van der Waals surface area contributed by atoms with Crippen molar-refractivity contribution >= 4 is 32.4 Å². The summed E-state index contributed by atoms with van der Waals surface area (Å²) in [7, 11) is -3.97. The van der Waals surface area contributed by atoms with Crippen molar-refractivity contribution in [1.82, 2.24) is 19.8 Å². The lowest BCUT2D eigenvalue weighted by Gasteiger charge is -2.41. The van der Waals surface area contributed by atoms with Crippen molar-refractivity contribution in [2.45, 2.75) is 17.6 Å². The van der Waals surface area contributed by atoms with Gasteiger partial charge in [-0.05, 0) is 6.07 Å². The minimum Gasteiger partial charge on any atom is -0.381 e. The van der Waals surface area contributed by atoms with Gasteiger partial charge < -0.3 is 9.64 Å². The minimum atomic E-state index is -3.97. The second-order valence-corrected chi connectivity index (χ2v) is 10.4. The van der Waals surface area contributed by atoms with Crippen molar-refractivity contribution < 1.29 is 23.2 Å². The molecule has 4 rings (SSSR count). The van der Waals surface area contributed by atoms with Crippen LogP contribution in [0.1, 0.15) is 12.8 Å². The molecule has 10 nitrogen and oxygen atoms in total. The van der Waals surface area contributed by atoms with Crippen LogP contribution in [0.4, 0.5) is 5.13 Å². The Hall–Kier alpha value is -2.12. The van der Waals surface area contributed by atoms with E-state index >= 15 is 0 Å². The zero-order valence-electron chi connectivity index (χ0n) is 16.2. The lowest BCUT2D eigenvalue weighted by atomic mass is 9.98. The molecule has 30 heavy (non-hydrogen) atoms. The molecule has 2 aliphatic rings. The van der Waals surface area contributed by atoms with Crippen molar-refractivity contribution in [2.24, 2.45) is 0 Å². The number of pyridine rings is 1. The Kier molecular flexibility index (Phi) is 6.02. The van der Waals surface area contributed by atoms with Gasteiger partial charge in [-0.3, -0.25) is 15.0 Å². The number of thiazole rings is 1. The molecule has 0 saturated carbocycles. The van der Waals surface area contributed by atoms with Gasteiger partial charge in [0.1, 0.15) is 0 Å². The van der Waals surface area contributed by atoms with E-state index in [1.807, 2.05) is 17.0 Å². The van der Waals surface area contributed by atoms with Crippen LogP contribution in [-0.4, -0.2) is 77.9 Å². The first-order chi connectivity index (χ1) is 14.5. The number of hydroxylamine groups is 1. The Labute approximate surface area is 178 Å². The second-order valence-electron chi connectivity index (χ2n) is 7.19. The van der Waals surface area contributed by atoms with E-state index in [1.54, 1.807) is 24.1 Å². The van der Waals surface area contributed by atoms with E-state index in [0.29, 0.717) is 13.1 Å². The molecule has 0 atom stereocenters. The average molecular weight is 454 g/mol. The highest BCUT2D eigenvalue weighted by Gasteiger charge is 2.54. The first-order valence-electron chi connectivity index (χ1n) is 9.61. The molecule has 2 aliphatic heterocycles. The van der Waals surface area contributed by atoms with Gasteiger partial charge in [0, 0.05) is 76.4 Å². The third kappa shape index (κ3) is 3.69. The van der Waals surface area contributed by atoms with Crippen molar-refractivity contribution in [2.75, 3.05) is 44.3 Å². The number of nitrogens with zero attached hydrogens (tertiary/aromatic N) is 4. The highest BCUT2D eigenvalue weighted by molar-refractivity contribution is 7.91. The van der Waals surface area contributed by atoms with Crippen molar-refractivity contribution in [3.8, 4) is 10.4 Å². The Morgan fingerprint density at radius 2 is 1.93 bits per heavy atom. The van der Waals surface area contributed by atoms with Gasteiger partial charge in [-0.1, -0.05) is 17.4 Å². The van der Waals surface area contributed by atoms with Crippen LogP contribution >= 0.6 is 11.3 Å². The largest absolute Gasteiger partial charge is 0.381 e. The maximum absolute atomic E-state index is 13.4. The fourth-order valence-electron chi connectivity index (χ4n) is 3.83. The predicted octanol–water partition coefficient (Wildman–Crippen LogP) is 0.711. The van der Waals surface area contributed by atoms with Gasteiger partial charge in [-0.2, -0.15) is 4.31 Å². The molecule has 0 unspecified atom stereocenters. The molecule has 2 aromatic rings. The van der Waals surface area contributed by atoms with Crippen LogP contribution in [0.25, 0.3) is 10.4 Å². The lowest BCUT2D eigenvalue weighted by Crippen LogP contribution is -2.62. The number of sulfonamides is 1. The number of carbonyl (C=O) groups is 1. The number of hydrogen-bond donors (Lipinski definition) is 2. The van der Waals surface area contributed by atoms with Crippen molar-refractivity contribution in [3.63, 3.8) is 0 Å². The van der Waals surface area contributed by atoms with Crippen LogP contribution in [0.2, 0.25) is 0 Å². The number of aromatic nitrogens is 2. The highest BCUT2D eigenvalue weighted by atomic mass is 32.2. The zero-order chi connectivity index (χ0) is 21.2. The average Bonchev–Trinajstić information content (AvgIpc) is 3.30. The number of nitrogens with one attached hydrogen (secondary N) is 1. The van der Waals surface area contributed by atoms with Gasteiger partial charge in [-0.25, -0.2) is 18.9 Å². The molecule has 162 valence electrons. The summed E-state index contributed by atoms with van der Waals surface area (Å²) in [6, 6.07) is 3.83. The summed E-state index contributed by atoms with van der Waals surface area (Å²) < 4.78 is 31.6. The number of ether oxygens (including phenoxy) is 1. The van der Waals surface area contributed by atoms with Gasteiger partial charge in [-0.15, -0.1) is 0 Å². The second kappa shape index (κ2) is 8.55. The smallest absolute Gasteiger partial charge is 0.266 e. The standard InChI is InChI=1S/C18H23N5O5S2/c24-16(21-25)18(3-10-28-11-4-18)30(26,27)23-8-6-22(7-9-23)17-20-13-15(29-17)14-2-1-5-19-12-14/h1-2,5,12-13,25H,3-4,6-11H2,(H,21,24). The summed E-state index contributed by atoms with van der Waals surface area (Å²) in [4.78, 5) is 24.0. The maximum Gasteiger partial charge on any atom is 0.266 e. The van der Waals surface area contributed by atoms with E-state index in [0.717, 1.165) is 15.6 Å². The highest BCUT2D eigenvalue weighted by Crippen LogP contribution is 2.35. The quantitative estimate of drug-likeness (QED) is 0.501. The van der Waals surface area contributed by atoms with E-state index in [-0.39, 0.29) is 39.1 Å². The fourth-order valence-corrected chi connectivity index (χ4v) is 6.88. The topological polar surface area (TPSA) is 125 Å². The monoisotopic (exact) mass is 453 g/mol. The van der Waals surface area contributed by atoms with Gasteiger partial charge in [0.25, 0.3) is 5.91 Å². The Morgan fingerprint density at radius 3 is 2.57 bits per heavy atom. The molecule has 0 radical (unpaired) electrons. The number of amides is 1. The molecule has 1 amide bonds. The molecule has 12 heteroatoms. The molecular weight excluding hydrogens is 430 g/mol. The summed E-state index contributed by atoms with van der Waals surface area (Å²) >= 11 is 1.53. The van der Waals surface area contributed by atoms with Crippen LogP contribution in [0.5, 0.6) is 0 Å². The van der Waals surface area contributed by atoms with Crippen LogP contribution < -0.4 is 10.4 Å². The summed E-state index contributed by atoms with van der Waals surface area (Å²) in [6.45, 7) is 1.72. The van der Waals surface area contributed by atoms with Gasteiger partial charge in [0.15, 0.2) is 9.88 Å². The summed E-state index contributed by atoms with van der Waals surface area (Å²) in [5.74, 6) is -0.894. The molecule has 0 spiro atoms. The van der Waals surface area contributed by atoms with E-state index in [9.17, 15) is 13.2 Å². The molecule has 2 fully saturated rings. The van der Waals surface area contributed by atoms with E-state index in [2.05, 4.69) is 9.97 Å². The molecule has 2 saturated heterocycles. The zero-order valence-corrected chi connectivity index (χ0v) is 17.9. The third-order valence-corrected chi connectivity index (χ3v) is 9.33. The SMILES string of the molecule is O=C(NO)C1(S(=O)(=O)N2CCN(c3ncc(-c4cccnc4)s3)CC2)CCOCC1. The van der Waals surface area contributed by atoms with E-state index in [4.69, 9.17) is 9.94 Å². The van der Waals surface area contributed by atoms with Gasteiger partial charge in [0.05, 0.1) is 4.88 Å². The number of hydrogen-bond acceptors (Lipinski definition) is 9. The third-order valence-electron chi connectivity index (χ3n) is 5.60. The maximum atomic E-state index is 13.4. The van der Waals surface area contributed by atoms with Crippen LogP contribution in [0, 0.1) is 0 Å². The van der Waals surface area contributed by atoms with Crippen molar-refractivity contribution in [1.29, 1.82) is 0 Å². The Balaban J connectivity index is 1.47. The molecule has 0 bridgehead atoms. The van der Waals surface area contributed by atoms with E-state index in [1.165, 1.54) is 15.6 Å². The molecule has 2 aromatic heterocycles. The van der Waals surface area contributed by atoms with Crippen LogP contribution in [0.3, 0.4) is 0 Å². The molecule has 0 aromatic carbocycles. The Bertz CT molecular complexity index is 983. The van der Waals surface area contributed by atoms with Gasteiger partial charge >= 0.3 is 0 Å². The number of carbonyl (C=O) groups excluding carboxylic acids is 1. The molecule has 2 N–H and O–H groups in total. The van der Waals surface area contributed by atoms with E-state index < -0.39 is 20.7 Å². The molecular formula is C18H23N5O5S2. The van der Waals surface area contributed by atoms with Crippen LogP contribution in [-0.2, 0) is 19.6 Å². The lowest BCUT2D eigenvalue weighted by molar-refractivity contribution is -0.134. The van der Waals surface area contributed by atoms with Gasteiger partial charge in [0.2, 0.25) is 10.0 Å². The molecule has 4 heterocycles. The fraction of sp³-hybridized carbons (Fsp3) is 0.500. The first kappa shape index (κ1) is 21.1. The summed E-state index contributed by atoms with van der Waals surface area (Å²) in [5, 5.41) is 9.98. The first-order valence-corrected chi connectivity index (χ1v) is 11.9. The Morgan fingerprint density at radius 1 is 1.20 bits per heavy atom. The van der Waals surface area contributed by atoms with Crippen molar-refractivity contribution in [3.05, 3.63) is 30.7 Å². The minimum absolute atomic E-state index is 0.0168. The number of piperazine rings is 1.